The highest BCUT2D eigenvalue weighted by molar-refractivity contribution is 5.56. The summed E-state index contributed by atoms with van der Waals surface area (Å²) < 4.78 is 14.1. The summed E-state index contributed by atoms with van der Waals surface area (Å²) in [5.74, 6) is 2.47. The van der Waals surface area contributed by atoms with Crippen molar-refractivity contribution < 1.29 is 4.39 Å². The second-order valence-corrected chi connectivity index (χ2v) is 4.58. The standard InChI is InChI=1S/C16H23FN2/c1-5-11-19(12-6-2)15-10-8-9-14(17)16(15)13(4)18-7-3/h1,8-10,13,18H,6-7,11-12H2,2-4H3. The van der Waals surface area contributed by atoms with E-state index in [-0.39, 0.29) is 11.9 Å². The molecule has 1 N–H and O–H groups in total. The van der Waals surface area contributed by atoms with Gasteiger partial charge in [-0.2, -0.15) is 0 Å². The largest absolute Gasteiger partial charge is 0.360 e. The van der Waals surface area contributed by atoms with Gasteiger partial charge in [0, 0.05) is 23.8 Å². The maximum Gasteiger partial charge on any atom is 0.130 e. The smallest absolute Gasteiger partial charge is 0.130 e. The minimum atomic E-state index is -0.177. The molecule has 0 saturated carbocycles. The van der Waals surface area contributed by atoms with E-state index in [0.717, 1.165) is 25.2 Å². The van der Waals surface area contributed by atoms with Gasteiger partial charge in [0.05, 0.1) is 6.54 Å². The molecule has 3 heteroatoms. The van der Waals surface area contributed by atoms with Crippen molar-refractivity contribution in [2.75, 3.05) is 24.5 Å². The summed E-state index contributed by atoms with van der Waals surface area (Å²) in [5.41, 5.74) is 1.60. The lowest BCUT2D eigenvalue weighted by Gasteiger charge is -2.27. The van der Waals surface area contributed by atoms with E-state index < -0.39 is 0 Å². The number of nitrogens with one attached hydrogen (secondary N) is 1. The molecule has 104 valence electrons. The zero-order chi connectivity index (χ0) is 14.3. The van der Waals surface area contributed by atoms with E-state index in [1.807, 2.05) is 19.9 Å². The summed E-state index contributed by atoms with van der Waals surface area (Å²) in [7, 11) is 0. The first-order valence-corrected chi connectivity index (χ1v) is 6.85. The summed E-state index contributed by atoms with van der Waals surface area (Å²) in [4.78, 5) is 2.06. The van der Waals surface area contributed by atoms with Gasteiger partial charge in [0.1, 0.15) is 5.82 Å². The molecule has 0 aromatic heterocycles. The van der Waals surface area contributed by atoms with E-state index in [2.05, 4.69) is 23.1 Å². The molecule has 0 aliphatic carbocycles. The SMILES string of the molecule is C#CCN(CCC)c1cccc(F)c1C(C)NCC. The summed E-state index contributed by atoms with van der Waals surface area (Å²) in [6.07, 6.45) is 6.40. The highest BCUT2D eigenvalue weighted by Crippen LogP contribution is 2.29. The van der Waals surface area contributed by atoms with Crippen molar-refractivity contribution in [2.24, 2.45) is 0 Å². The zero-order valence-electron chi connectivity index (χ0n) is 12.0. The van der Waals surface area contributed by atoms with Gasteiger partial charge in [-0.05, 0) is 32.0 Å². The first kappa shape index (κ1) is 15.5. The van der Waals surface area contributed by atoms with E-state index in [1.54, 1.807) is 6.07 Å². The molecule has 0 amide bonds. The van der Waals surface area contributed by atoms with E-state index in [1.165, 1.54) is 6.07 Å². The predicted molar refractivity (Wildman–Crippen MR) is 79.8 cm³/mol. The molecule has 2 nitrogen and oxygen atoms in total. The molecule has 0 bridgehead atoms. The Balaban J connectivity index is 3.17. The highest BCUT2D eigenvalue weighted by Gasteiger charge is 2.18. The highest BCUT2D eigenvalue weighted by atomic mass is 19.1. The number of halogens is 1. The molecule has 1 aromatic carbocycles. The Labute approximate surface area is 116 Å². The molecule has 1 unspecified atom stereocenters. The fraction of sp³-hybridized carbons (Fsp3) is 0.500. The van der Waals surface area contributed by atoms with Crippen molar-refractivity contribution in [3.8, 4) is 12.3 Å². The number of benzene rings is 1. The van der Waals surface area contributed by atoms with Crippen LogP contribution in [-0.2, 0) is 0 Å². The van der Waals surface area contributed by atoms with E-state index >= 15 is 0 Å². The third kappa shape index (κ3) is 3.97. The minimum absolute atomic E-state index is 0.0293. The average Bonchev–Trinajstić information content (AvgIpc) is 2.38. The van der Waals surface area contributed by atoms with Gasteiger partial charge < -0.3 is 10.2 Å². The number of hydrogen-bond acceptors (Lipinski definition) is 2. The quantitative estimate of drug-likeness (QED) is 0.758. The van der Waals surface area contributed by atoms with Crippen LogP contribution in [-0.4, -0.2) is 19.6 Å². The number of nitrogens with zero attached hydrogens (tertiary/aromatic N) is 1. The van der Waals surface area contributed by atoms with Crippen molar-refractivity contribution in [1.29, 1.82) is 0 Å². The average molecular weight is 262 g/mol. The van der Waals surface area contributed by atoms with Crippen LogP contribution in [0.25, 0.3) is 0 Å². The van der Waals surface area contributed by atoms with Crippen LogP contribution >= 0.6 is 0 Å². The lowest BCUT2D eigenvalue weighted by Crippen LogP contribution is -2.28. The fourth-order valence-corrected chi connectivity index (χ4v) is 2.30. The van der Waals surface area contributed by atoms with Crippen LogP contribution in [0.2, 0.25) is 0 Å². The first-order valence-electron chi connectivity index (χ1n) is 6.85. The van der Waals surface area contributed by atoms with Crippen LogP contribution in [0.15, 0.2) is 18.2 Å². The van der Waals surface area contributed by atoms with Crippen LogP contribution < -0.4 is 10.2 Å². The molecule has 0 radical (unpaired) electrons. The third-order valence-electron chi connectivity index (χ3n) is 3.09. The zero-order valence-corrected chi connectivity index (χ0v) is 12.0. The van der Waals surface area contributed by atoms with Crippen LogP contribution in [0.4, 0.5) is 10.1 Å². The normalized spacial score (nSPS) is 11.9. The number of rotatable bonds is 7. The molecular formula is C16H23FN2. The Morgan fingerprint density at radius 2 is 2.16 bits per heavy atom. The molecular weight excluding hydrogens is 239 g/mol. The van der Waals surface area contributed by atoms with Gasteiger partial charge in [-0.1, -0.05) is 25.8 Å². The summed E-state index contributed by atoms with van der Waals surface area (Å²) >= 11 is 0. The molecule has 0 aliphatic heterocycles. The third-order valence-corrected chi connectivity index (χ3v) is 3.09. The topological polar surface area (TPSA) is 15.3 Å². The van der Waals surface area contributed by atoms with E-state index in [4.69, 9.17) is 6.42 Å². The molecule has 0 fully saturated rings. The minimum Gasteiger partial charge on any atom is -0.360 e. The lowest BCUT2D eigenvalue weighted by atomic mass is 10.0. The monoisotopic (exact) mass is 262 g/mol. The van der Waals surface area contributed by atoms with Crippen LogP contribution in [0.5, 0.6) is 0 Å². The van der Waals surface area contributed by atoms with Crippen LogP contribution in [0, 0.1) is 18.2 Å². The van der Waals surface area contributed by atoms with Gasteiger partial charge in [-0.25, -0.2) is 4.39 Å². The molecule has 0 spiro atoms. The van der Waals surface area contributed by atoms with Crippen molar-refractivity contribution in [1.82, 2.24) is 5.32 Å². The first-order chi connectivity index (χ1) is 9.15. The van der Waals surface area contributed by atoms with E-state index in [9.17, 15) is 4.39 Å². The summed E-state index contributed by atoms with van der Waals surface area (Å²) in [5, 5.41) is 3.26. The Bertz CT molecular complexity index is 437. The second-order valence-electron chi connectivity index (χ2n) is 4.58. The molecule has 0 heterocycles. The van der Waals surface area contributed by atoms with Crippen molar-refractivity contribution >= 4 is 5.69 Å². The molecule has 1 rings (SSSR count). The Morgan fingerprint density at radius 3 is 2.74 bits per heavy atom. The van der Waals surface area contributed by atoms with Gasteiger partial charge in [0.15, 0.2) is 0 Å². The van der Waals surface area contributed by atoms with Gasteiger partial charge >= 0.3 is 0 Å². The maximum atomic E-state index is 14.1. The van der Waals surface area contributed by atoms with Gasteiger partial charge in [-0.15, -0.1) is 6.42 Å². The molecule has 1 atom stereocenters. The number of hydrogen-bond donors (Lipinski definition) is 1. The van der Waals surface area contributed by atoms with Crippen molar-refractivity contribution in [2.45, 2.75) is 33.2 Å². The van der Waals surface area contributed by atoms with Gasteiger partial charge in [-0.3, -0.25) is 0 Å². The van der Waals surface area contributed by atoms with Crippen LogP contribution in [0.1, 0.15) is 38.8 Å². The Morgan fingerprint density at radius 1 is 1.42 bits per heavy atom. The molecule has 0 saturated heterocycles. The summed E-state index contributed by atoms with van der Waals surface area (Å²) in [6, 6.07) is 5.16. The Kier molecular flexibility index (Phi) is 6.38. The van der Waals surface area contributed by atoms with Crippen molar-refractivity contribution in [3.05, 3.63) is 29.6 Å². The van der Waals surface area contributed by atoms with Crippen molar-refractivity contribution in [3.63, 3.8) is 0 Å². The molecule has 0 aliphatic rings. The number of terminal acetylenes is 1. The van der Waals surface area contributed by atoms with Crippen LogP contribution in [0.3, 0.4) is 0 Å². The Hall–Kier alpha value is -1.53. The predicted octanol–water partition coefficient (Wildman–Crippen LogP) is 3.35. The summed E-state index contributed by atoms with van der Waals surface area (Å²) in [6.45, 7) is 8.23. The molecule has 1 aromatic rings. The van der Waals surface area contributed by atoms with Gasteiger partial charge in [0.2, 0.25) is 0 Å². The van der Waals surface area contributed by atoms with Gasteiger partial charge in [0.25, 0.3) is 0 Å². The second kappa shape index (κ2) is 7.81. The molecule has 19 heavy (non-hydrogen) atoms. The maximum absolute atomic E-state index is 14.1. The fourth-order valence-electron chi connectivity index (χ4n) is 2.30. The lowest BCUT2D eigenvalue weighted by molar-refractivity contribution is 0.539. The van der Waals surface area contributed by atoms with E-state index in [0.29, 0.717) is 12.1 Å². The number of anilines is 1.